The molecular formula is C55H37NO2. The molecule has 9 aromatic carbocycles. The van der Waals surface area contributed by atoms with Crippen LogP contribution in [0.3, 0.4) is 0 Å². The largest absolute Gasteiger partial charge is 0.456 e. The number of fused-ring (bicyclic) bond motifs is 10. The van der Waals surface area contributed by atoms with E-state index in [1.807, 2.05) is 12.1 Å². The van der Waals surface area contributed by atoms with E-state index in [0.29, 0.717) is 0 Å². The molecule has 11 aromatic rings. The van der Waals surface area contributed by atoms with Crippen LogP contribution in [0.5, 0.6) is 0 Å². The van der Waals surface area contributed by atoms with Crippen molar-refractivity contribution in [3.8, 4) is 33.4 Å². The molecule has 0 bridgehead atoms. The lowest BCUT2D eigenvalue weighted by molar-refractivity contribution is 0.660. The Bertz CT molecular complexity index is 3420. The van der Waals surface area contributed by atoms with Gasteiger partial charge in [0.15, 0.2) is 0 Å². The summed E-state index contributed by atoms with van der Waals surface area (Å²) in [6.45, 7) is 4.69. The zero-order valence-corrected chi connectivity index (χ0v) is 32.2. The zero-order chi connectivity index (χ0) is 38.5. The van der Waals surface area contributed by atoms with Gasteiger partial charge < -0.3 is 13.7 Å². The molecule has 3 heteroatoms. The van der Waals surface area contributed by atoms with Crippen LogP contribution in [-0.2, 0) is 5.41 Å². The molecule has 0 saturated heterocycles. The predicted octanol–water partition coefficient (Wildman–Crippen LogP) is 15.7. The van der Waals surface area contributed by atoms with E-state index in [9.17, 15) is 0 Å². The Morgan fingerprint density at radius 3 is 1.91 bits per heavy atom. The first-order valence-corrected chi connectivity index (χ1v) is 20.0. The van der Waals surface area contributed by atoms with Gasteiger partial charge in [0.1, 0.15) is 22.3 Å². The normalized spacial score (nSPS) is 13.1. The molecule has 0 spiro atoms. The Morgan fingerprint density at radius 2 is 1.03 bits per heavy atom. The number of anilines is 3. The van der Waals surface area contributed by atoms with Crippen molar-refractivity contribution in [2.45, 2.75) is 19.3 Å². The Labute approximate surface area is 336 Å². The number of rotatable bonds is 5. The molecule has 0 unspecified atom stereocenters. The van der Waals surface area contributed by atoms with Crippen LogP contribution in [0.15, 0.2) is 197 Å². The van der Waals surface area contributed by atoms with Crippen LogP contribution >= 0.6 is 0 Å². The summed E-state index contributed by atoms with van der Waals surface area (Å²) in [4.78, 5) is 2.40. The zero-order valence-electron chi connectivity index (χ0n) is 32.2. The highest BCUT2D eigenvalue weighted by Gasteiger charge is 2.36. The van der Waals surface area contributed by atoms with Crippen molar-refractivity contribution in [1.82, 2.24) is 0 Å². The van der Waals surface area contributed by atoms with Gasteiger partial charge in [0, 0.05) is 49.6 Å². The standard InChI is InChI=1S/C55H37NO2/c1-55(2)47-18-10-8-16-42(47)43-28-26-41(32-48(43)55)56(39-25-24-35-14-6-7-15-38(35)30-39)40-27-29-50-45(31-40)46-33-51-53(44-17-9-11-19-49(44)57-51)52(54(46)58-50)37-22-20-36(21-23-37)34-12-4-3-5-13-34/h3-33H,1-2H3. The number of benzene rings is 9. The third-order valence-electron chi connectivity index (χ3n) is 12.4. The van der Waals surface area contributed by atoms with Crippen LogP contribution in [0, 0.1) is 0 Å². The van der Waals surface area contributed by atoms with Gasteiger partial charge in [-0.25, -0.2) is 0 Å². The topological polar surface area (TPSA) is 29.5 Å². The second-order valence-corrected chi connectivity index (χ2v) is 16.1. The molecule has 0 N–H and O–H groups in total. The first-order chi connectivity index (χ1) is 28.5. The number of para-hydroxylation sites is 1. The van der Waals surface area contributed by atoms with E-state index >= 15 is 0 Å². The van der Waals surface area contributed by atoms with Crippen molar-refractivity contribution in [2.24, 2.45) is 0 Å². The van der Waals surface area contributed by atoms with Crippen molar-refractivity contribution in [2.75, 3.05) is 4.90 Å². The summed E-state index contributed by atoms with van der Waals surface area (Å²) in [6, 6.07) is 67.6. The first kappa shape index (κ1) is 32.8. The second-order valence-electron chi connectivity index (χ2n) is 16.1. The molecule has 2 aromatic heterocycles. The number of hydrogen-bond donors (Lipinski definition) is 0. The van der Waals surface area contributed by atoms with E-state index < -0.39 is 0 Å². The first-order valence-electron chi connectivity index (χ1n) is 20.0. The van der Waals surface area contributed by atoms with Gasteiger partial charge in [0.25, 0.3) is 0 Å². The summed E-state index contributed by atoms with van der Waals surface area (Å²) in [7, 11) is 0. The minimum absolute atomic E-state index is 0.130. The van der Waals surface area contributed by atoms with Gasteiger partial charge >= 0.3 is 0 Å². The molecule has 12 rings (SSSR count). The molecule has 3 nitrogen and oxygen atoms in total. The number of hydrogen-bond acceptors (Lipinski definition) is 3. The van der Waals surface area contributed by atoms with Crippen LogP contribution in [-0.4, -0.2) is 0 Å². The van der Waals surface area contributed by atoms with Crippen LogP contribution in [0.25, 0.3) is 88.0 Å². The van der Waals surface area contributed by atoms with E-state index in [0.717, 1.165) is 72.1 Å². The molecule has 0 fully saturated rings. The fourth-order valence-electron chi connectivity index (χ4n) is 9.57. The third-order valence-corrected chi connectivity index (χ3v) is 12.4. The van der Waals surface area contributed by atoms with Gasteiger partial charge in [0.2, 0.25) is 0 Å². The van der Waals surface area contributed by atoms with E-state index in [-0.39, 0.29) is 5.41 Å². The highest BCUT2D eigenvalue weighted by atomic mass is 16.3. The number of furan rings is 2. The van der Waals surface area contributed by atoms with Gasteiger partial charge in [-0.05, 0) is 104 Å². The summed E-state index contributed by atoms with van der Waals surface area (Å²) < 4.78 is 13.6. The van der Waals surface area contributed by atoms with E-state index in [1.165, 1.54) is 44.2 Å². The molecule has 0 saturated carbocycles. The van der Waals surface area contributed by atoms with Crippen molar-refractivity contribution in [3.63, 3.8) is 0 Å². The molecule has 274 valence electrons. The van der Waals surface area contributed by atoms with Crippen LogP contribution < -0.4 is 4.90 Å². The summed E-state index contributed by atoms with van der Waals surface area (Å²) in [6.07, 6.45) is 0. The summed E-state index contributed by atoms with van der Waals surface area (Å²) in [5.41, 5.74) is 16.3. The lowest BCUT2D eigenvalue weighted by Crippen LogP contribution is -2.16. The quantitative estimate of drug-likeness (QED) is 0.176. The Kier molecular flexibility index (Phi) is 6.98. The summed E-state index contributed by atoms with van der Waals surface area (Å²) in [5.74, 6) is 0. The van der Waals surface area contributed by atoms with E-state index in [1.54, 1.807) is 0 Å². The third kappa shape index (κ3) is 4.86. The highest BCUT2D eigenvalue weighted by molar-refractivity contribution is 6.23. The molecule has 0 aliphatic heterocycles. The Morgan fingerprint density at radius 1 is 0.397 bits per heavy atom. The summed E-state index contributed by atoms with van der Waals surface area (Å²) in [5, 5.41) is 6.61. The van der Waals surface area contributed by atoms with E-state index in [2.05, 4.69) is 195 Å². The van der Waals surface area contributed by atoms with Gasteiger partial charge in [-0.1, -0.05) is 147 Å². The molecule has 1 aliphatic rings. The average molecular weight is 744 g/mol. The number of nitrogens with zero attached hydrogens (tertiary/aromatic N) is 1. The fraction of sp³-hybridized carbons (Fsp3) is 0.0545. The monoisotopic (exact) mass is 743 g/mol. The molecule has 0 radical (unpaired) electrons. The second kappa shape index (κ2) is 12.3. The maximum atomic E-state index is 6.95. The lowest BCUT2D eigenvalue weighted by atomic mass is 9.82. The Hall–Kier alpha value is -7.36. The van der Waals surface area contributed by atoms with E-state index in [4.69, 9.17) is 8.83 Å². The molecular weight excluding hydrogens is 707 g/mol. The fourth-order valence-corrected chi connectivity index (χ4v) is 9.57. The maximum absolute atomic E-state index is 6.95. The van der Waals surface area contributed by atoms with Crippen molar-refractivity contribution < 1.29 is 8.83 Å². The maximum Gasteiger partial charge on any atom is 0.144 e. The minimum Gasteiger partial charge on any atom is -0.456 e. The molecule has 2 heterocycles. The van der Waals surface area contributed by atoms with Gasteiger partial charge in [-0.2, -0.15) is 0 Å². The highest BCUT2D eigenvalue weighted by Crippen LogP contribution is 2.51. The molecule has 58 heavy (non-hydrogen) atoms. The average Bonchev–Trinajstić information content (AvgIpc) is 3.90. The SMILES string of the molecule is CC1(C)c2ccccc2-c2ccc(N(c3ccc4ccccc4c3)c3ccc4oc5c(-c6ccc(-c7ccccc7)cc6)c6c(cc5c4c3)oc3ccccc36)cc21. The van der Waals surface area contributed by atoms with Crippen LogP contribution in [0.1, 0.15) is 25.0 Å². The Balaban J connectivity index is 1.08. The van der Waals surface area contributed by atoms with Gasteiger partial charge in [0.05, 0.1) is 0 Å². The molecule has 0 atom stereocenters. The van der Waals surface area contributed by atoms with Crippen molar-refractivity contribution in [3.05, 3.63) is 199 Å². The summed E-state index contributed by atoms with van der Waals surface area (Å²) >= 11 is 0. The van der Waals surface area contributed by atoms with Crippen molar-refractivity contribution in [1.29, 1.82) is 0 Å². The lowest BCUT2D eigenvalue weighted by Gasteiger charge is -2.28. The molecule has 1 aliphatic carbocycles. The predicted molar refractivity (Wildman–Crippen MR) is 242 cm³/mol. The van der Waals surface area contributed by atoms with Gasteiger partial charge in [-0.3, -0.25) is 0 Å². The van der Waals surface area contributed by atoms with Crippen LogP contribution in [0.2, 0.25) is 0 Å². The van der Waals surface area contributed by atoms with Crippen molar-refractivity contribution >= 4 is 71.7 Å². The van der Waals surface area contributed by atoms with Gasteiger partial charge in [-0.15, -0.1) is 0 Å². The minimum atomic E-state index is -0.130. The molecule has 0 amide bonds. The smallest absolute Gasteiger partial charge is 0.144 e. The van der Waals surface area contributed by atoms with Crippen LogP contribution in [0.4, 0.5) is 17.1 Å².